The molecule has 8 heteroatoms. The minimum absolute atomic E-state index is 0.130. The predicted molar refractivity (Wildman–Crippen MR) is 82.4 cm³/mol. The zero-order chi connectivity index (χ0) is 17.5. The Hall–Kier alpha value is -2.77. The first-order valence-corrected chi connectivity index (χ1v) is 7.53. The summed E-state index contributed by atoms with van der Waals surface area (Å²) in [7, 11) is 1.60. The molecule has 0 radical (unpaired) electrons. The third-order valence-electron chi connectivity index (χ3n) is 4.50. The summed E-state index contributed by atoms with van der Waals surface area (Å²) in [5, 5.41) is 13.1. The minimum atomic E-state index is -0.941. The normalized spacial score (nSPS) is 21.3. The summed E-state index contributed by atoms with van der Waals surface area (Å²) in [5.41, 5.74) is 0.183. The van der Waals surface area contributed by atoms with Crippen LogP contribution in [-0.2, 0) is 16.1 Å². The maximum atomic E-state index is 12.5. The van der Waals surface area contributed by atoms with Gasteiger partial charge in [-0.3, -0.25) is 14.6 Å². The summed E-state index contributed by atoms with van der Waals surface area (Å²) < 4.78 is 5.17. The SMILES string of the molecule is CN(Cc1nc(-c2cccnc2)no1)C(=O)[C@@H]1[C@H](C(=O)O)C1(C)C. The van der Waals surface area contributed by atoms with E-state index in [2.05, 4.69) is 15.1 Å². The molecule has 1 fully saturated rings. The second kappa shape index (κ2) is 5.70. The van der Waals surface area contributed by atoms with Gasteiger partial charge < -0.3 is 14.5 Å². The molecule has 0 aromatic carbocycles. The van der Waals surface area contributed by atoms with Crippen molar-refractivity contribution in [3.8, 4) is 11.4 Å². The number of carboxylic acids is 1. The van der Waals surface area contributed by atoms with E-state index in [0.29, 0.717) is 5.82 Å². The molecule has 1 N–H and O–H groups in total. The Morgan fingerprint density at radius 3 is 2.71 bits per heavy atom. The molecule has 2 aromatic heterocycles. The lowest BCUT2D eigenvalue weighted by Gasteiger charge is -2.15. The highest BCUT2D eigenvalue weighted by Gasteiger charge is 2.66. The van der Waals surface area contributed by atoms with Gasteiger partial charge in [-0.05, 0) is 17.5 Å². The van der Waals surface area contributed by atoms with Gasteiger partial charge in [0.25, 0.3) is 0 Å². The van der Waals surface area contributed by atoms with Crippen molar-refractivity contribution in [1.29, 1.82) is 0 Å². The first-order chi connectivity index (χ1) is 11.3. The second-order valence-electron chi connectivity index (χ2n) is 6.56. The van der Waals surface area contributed by atoms with E-state index in [-0.39, 0.29) is 18.3 Å². The molecule has 1 aliphatic carbocycles. The Morgan fingerprint density at radius 2 is 2.12 bits per heavy atom. The molecule has 2 atom stereocenters. The van der Waals surface area contributed by atoms with Crippen LogP contribution in [0.3, 0.4) is 0 Å². The van der Waals surface area contributed by atoms with E-state index in [1.165, 1.54) is 4.90 Å². The van der Waals surface area contributed by atoms with E-state index in [0.717, 1.165) is 5.56 Å². The molecule has 2 aromatic rings. The molecule has 8 nitrogen and oxygen atoms in total. The highest BCUT2D eigenvalue weighted by molar-refractivity contribution is 5.91. The number of nitrogens with zero attached hydrogens (tertiary/aromatic N) is 4. The second-order valence-corrected chi connectivity index (χ2v) is 6.56. The molecule has 126 valence electrons. The fraction of sp³-hybridized carbons (Fsp3) is 0.438. The maximum absolute atomic E-state index is 12.5. The summed E-state index contributed by atoms with van der Waals surface area (Å²) in [6.07, 6.45) is 3.26. The third kappa shape index (κ3) is 2.75. The smallest absolute Gasteiger partial charge is 0.307 e. The zero-order valence-electron chi connectivity index (χ0n) is 13.6. The fourth-order valence-corrected chi connectivity index (χ4v) is 3.01. The summed E-state index contributed by atoms with van der Waals surface area (Å²) in [6.45, 7) is 3.70. The number of aromatic nitrogens is 3. The number of rotatable bonds is 5. The monoisotopic (exact) mass is 330 g/mol. The summed E-state index contributed by atoms with van der Waals surface area (Å²) in [6, 6.07) is 3.57. The molecule has 1 aliphatic rings. The van der Waals surface area contributed by atoms with Crippen LogP contribution in [0.15, 0.2) is 29.0 Å². The van der Waals surface area contributed by atoms with Crippen LogP contribution in [0, 0.1) is 17.3 Å². The zero-order valence-corrected chi connectivity index (χ0v) is 13.6. The fourth-order valence-electron chi connectivity index (χ4n) is 3.01. The molecule has 1 amide bonds. The first kappa shape index (κ1) is 16.1. The van der Waals surface area contributed by atoms with Gasteiger partial charge in [-0.1, -0.05) is 19.0 Å². The quantitative estimate of drug-likeness (QED) is 0.883. The van der Waals surface area contributed by atoms with Crippen molar-refractivity contribution in [2.45, 2.75) is 20.4 Å². The van der Waals surface area contributed by atoms with Crippen molar-refractivity contribution in [2.24, 2.45) is 17.3 Å². The van der Waals surface area contributed by atoms with Gasteiger partial charge in [0.2, 0.25) is 17.6 Å². The van der Waals surface area contributed by atoms with Crippen LogP contribution in [0.5, 0.6) is 0 Å². The highest BCUT2D eigenvalue weighted by Crippen LogP contribution is 2.58. The Balaban J connectivity index is 1.68. The van der Waals surface area contributed by atoms with Gasteiger partial charge in [0.05, 0.1) is 18.4 Å². The van der Waals surface area contributed by atoms with Crippen LogP contribution in [-0.4, -0.2) is 44.1 Å². The van der Waals surface area contributed by atoms with E-state index in [9.17, 15) is 14.7 Å². The molecule has 0 spiro atoms. The van der Waals surface area contributed by atoms with Crippen LogP contribution >= 0.6 is 0 Å². The van der Waals surface area contributed by atoms with Gasteiger partial charge in [0, 0.05) is 25.0 Å². The summed E-state index contributed by atoms with van der Waals surface area (Å²) in [5.74, 6) is -1.66. The van der Waals surface area contributed by atoms with Crippen molar-refractivity contribution in [1.82, 2.24) is 20.0 Å². The molecule has 24 heavy (non-hydrogen) atoms. The molecule has 0 saturated heterocycles. The number of amides is 1. The largest absolute Gasteiger partial charge is 0.481 e. The molecule has 0 aliphatic heterocycles. The number of carbonyl (C=O) groups excluding carboxylic acids is 1. The molecule has 3 rings (SSSR count). The Kier molecular flexibility index (Phi) is 3.82. The molecule has 0 bridgehead atoms. The number of carboxylic acid groups (broad SMARTS) is 1. The lowest BCUT2D eigenvalue weighted by Crippen LogP contribution is -2.29. The summed E-state index contributed by atoms with van der Waals surface area (Å²) >= 11 is 0. The van der Waals surface area contributed by atoms with E-state index in [1.807, 2.05) is 0 Å². The van der Waals surface area contributed by atoms with Gasteiger partial charge in [-0.25, -0.2) is 0 Å². The van der Waals surface area contributed by atoms with Crippen LogP contribution < -0.4 is 0 Å². The molecule has 1 saturated carbocycles. The Labute approximate surface area is 138 Å². The van der Waals surface area contributed by atoms with Gasteiger partial charge >= 0.3 is 5.97 Å². The van der Waals surface area contributed by atoms with Crippen molar-refractivity contribution in [2.75, 3.05) is 7.05 Å². The predicted octanol–water partition coefficient (Wildman–Crippen LogP) is 1.45. The summed E-state index contributed by atoms with van der Waals surface area (Å²) in [4.78, 5) is 33.4. The number of hydrogen-bond donors (Lipinski definition) is 1. The van der Waals surface area contributed by atoms with Gasteiger partial charge in [-0.2, -0.15) is 4.98 Å². The average molecular weight is 330 g/mol. The standard InChI is InChI=1S/C16H18N4O4/c1-16(2)11(12(16)15(22)23)14(21)20(3)8-10-18-13(19-24-10)9-5-4-6-17-7-9/h4-7,11-12H,8H2,1-3H3,(H,22,23)/t11-,12+/m0/s1. The van der Waals surface area contributed by atoms with E-state index in [4.69, 9.17) is 4.52 Å². The maximum Gasteiger partial charge on any atom is 0.307 e. The van der Waals surface area contributed by atoms with E-state index in [1.54, 1.807) is 45.4 Å². The number of carbonyl (C=O) groups is 2. The Bertz CT molecular complexity index is 771. The molecular formula is C16H18N4O4. The van der Waals surface area contributed by atoms with E-state index < -0.39 is 23.2 Å². The van der Waals surface area contributed by atoms with Gasteiger partial charge in [0.1, 0.15) is 0 Å². The topological polar surface area (TPSA) is 109 Å². The van der Waals surface area contributed by atoms with Crippen molar-refractivity contribution in [3.05, 3.63) is 30.4 Å². The highest BCUT2D eigenvalue weighted by atomic mass is 16.5. The van der Waals surface area contributed by atoms with E-state index >= 15 is 0 Å². The molecule has 2 heterocycles. The molecular weight excluding hydrogens is 312 g/mol. The van der Waals surface area contributed by atoms with Gasteiger partial charge in [0.15, 0.2) is 0 Å². The van der Waals surface area contributed by atoms with Crippen molar-refractivity contribution in [3.63, 3.8) is 0 Å². The van der Waals surface area contributed by atoms with Crippen molar-refractivity contribution >= 4 is 11.9 Å². The number of pyridine rings is 1. The first-order valence-electron chi connectivity index (χ1n) is 7.53. The van der Waals surface area contributed by atoms with Crippen LogP contribution in [0.4, 0.5) is 0 Å². The van der Waals surface area contributed by atoms with Crippen LogP contribution in [0.1, 0.15) is 19.7 Å². The number of aliphatic carboxylic acids is 1. The third-order valence-corrected chi connectivity index (χ3v) is 4.50. The average Bonchev–Trinajstić information content (AvgIpc) is 2.89. The lowest BCUT2D eigenvalue weighted by atomic mass is 10.1. The minimum Gasteiger partial charge on any atom is -0.481 e. The Morgan fingerprint density at radius 1 is 1.38 bits per heavy atom. The lowest BCUT2D eigenvalue weighted by molar-refractivity contribution is -0.141. The van der Waals surface area contributed by atoms with Crippen LogP contribution in [0.25, 0.3) is 11.4 Å². The molecule has 0 unspecified atom stereocenters. The van der Waals surface area contributed by atoms with Crippen molar-refractivity contribution < 1.29 is 19.2 Å². The number of hydrogen-bond acceptors (Lipinski definition) is 6. The van der Waals surface area contributed by atoms with Gasteiger partial charge in [-0.15, -0.1) is 0 Å². The van der Waals surface area contributed by atoms with Crippen LogP contribution in [0.2, 0.25) is 0 Å².